The third kappa shape index (κ3) is 3.07. The van der Waals surface area contributed by atoms with Gasteiger partial charge in [0.25, 0.3) is 0 Å². The molecule has 0 saturated heterocycles. The molecule has 2 aromatic carbocycles. The Kier molecular flexibility index (Phi) is 3.76. The summed E-state index contributed by atoms with van der Waals surface area (Å²) in [6.07, 6.45) is 1.60. The summed E-state index contributed by atoms with van der Waals surface area (Å²) in [4.78, 5) is 11.3. The maximum atomic E-state index is 12.9. The van der Waals surface area contributed by atoms with E-state index in [1.807, 2.05) is 31.2 Å². The zero-order chi connectivity index (χ0) is 13.8. The van der Waals surface area contributed by atoms with E-state index in [9.17, 15) is 14.3 Å². The number of benzene rings is 2. The first-order valence-electron chi connectivity index (χ1n) is 5.84. The minimum atomic E-state index is -1.03. The monoisotopic (exact) mass is 256 g/mol. The Hall–Kier alpha value is -2.42. The third-order valence-electron chi connectivity index (χ3n) is 2.87. The lowest BCUT2D eigenvalue weighted by Crippen LogP contribution is -2.00. The van der Waals surface area contributed by atoms with E-state index in [2.05, 4.69) is 0 Å². The molecule has 0 unspecified atom stereocenters. The van der Waals surface area contributed by atoms with Crippen molar-refractivity contribution in [3.63, 3.8) is 0 Å². The van der Waals surface area contributed by atoms with Crippen molar-refractivity contribution in [3.05, 3.63) is 71.0 Å². The summed E-state index contributed by atoms with van der Waals surface area (Å²) in [5.41, 5.74) is 2.46. The van der Waals surface area contributed by atoms with Gasteiger partial charge in [-0.25, -0.2) is 9.18 Å². The van der Waals surface area contributed by atoms with Crippen molar-refractivity contribution in [1.29, 1.82) is 0 Å². The SMILES string of the molecule is Cc1ccccc1/C=C(\C(=O)O)c1ccc(F)cc1. The molecule has 2 aromatic rings. The largest absolute Gasteiger partial charge is 0.478 e. The zero-order valence-corrected chi connectivity index (χ0v) is 10.4. The molecule has 96 valence electrons. The van der Waals surface area contributed by atoms with Gasteiger partial charge in [0, 0.05) is 0 Å². The molecule has 0 amide bonds. The van der Waals surface area contributed by atoms with Crippen LogP contribution in [0.4, 0.5) is 4.39 Å². The Morgan fingerprint density at radius 1 is 1.11 bits per heavy atom. The molecule has 0 spiro atoms. The fourth-order valence-electron chi connectivity index (χ4n) is 1.80. The van der Waals surface area contributed by atoms with E-state index in [-0.39, 0.29) is 11.4 Å². The van der Waals surface area contributed by atoms with Crippen molar-refractivity contribution in [2.75, 3.05) is 0 Å². The van der Waals surface area contributed by atoms with Crippen LogP contribution >= 0.6 is 0 Å². The van der Waals surface area contributed by atoms with Gasteiger partial charge in [0.15, 0.2) is 0 Å². The number of rotatable bonds is 3. The molecule has 1 N–H and O–H groups in total. The van der Waals surface area contributed by atoms with Gasteiger partial charge >= 0.3 is 5.97 Å². The van der Waals surface area contributed by atoms with E-state index in [0.717, 1.165) is 11.1 Å². The highest BCUT2D eigenvalue weighted by molar-refractivity contribution is 6.20. The number of aryl methyl sites for hydroxylation is 1. The Morgan fingerprint density at radius 3 is 2.32 bits per heavy atom. The fraction of sp³-hybridized carbons (Fsp3) is 0.0625. The number of halogens is 1. The molecule has 0 aromatic heterocycles. The number of carboxylic acid groups (broad SMARTS) is 1. The number of carboxylic acids is 1. The second kappa shape index (κ2) is 5.48. The molecule has 0 fully saturated rings. The molecule has 3 heteroatoms. The van der Waals surface area contributed by atoms with Crippen molar-refractivity contribution >= 4 is 17.6 Å². The summed E-state index contributed by atoms with van der Waals surface area (Å²) in [6.45, 7) is 1.91. The van der Waals surface area contributed by atoms with Crippen LogP contribution in [0.3, 0.4) is 0 Å². The summed E-state index contributed by atoms with van der Waals surface area (Å²) >= 11 is 0. The van der Waals surface area contributed by atoms with Gasteiger partial charge in [0.05, 0.1) is 5.57 Å². The summed E-state index contributed by atoms with van der Waals surface area (Å²) in [7, 11) is 0. The van der Waals surface area contributed by atoms with Crippen molar-refractivity contribution in [2.24, 2.45) is 0 Å². The molecule has 19 heavy (non-hydrogen) atoms. The lowest BCUT2D eigenvalue weighted by Gasteiger charge is -2.05. The lowest BCUT2D eigenvalue weighted by atomic mass is 10.0. The molecular weight excluding hydrogens is 243 g/mol. The smallest absolute Gasteiger partial charge is 0.336 e. The summed E-state index contributed by atoms with van der Waals surface area (Å²) in [5, 5.41) is 9.29. The predicted molar refractivity (Wildman–Crippen MR) is 73.1 cm³/mol. The maximum absolute atomic E-state index is 12.9. The number of hydrogen-bond acceptors (Lipinski definition) is 1. The minimum absolute atomic E-state index is 0.148. The van der Waals surface area contributed by atoms with E-state index < -0.39 is 5.97 Å². The topological polar surface area (TPSA) is 37.3 Å². The average Bonchev–Trinajstić information content (AvgIpc) is 2.39. The van der Waals surface area contributed by atoms with Crippen LogP contribution in [-0.4, -0.2) is 11.1 Å². The van der Waals surface area contributed by atoms with Crippen LogP contribution in [0.5, 0.6) is 0 Å². The fourth-order valence-corrected chi connectivity index (χ4v) is 1.80. The van der Waals surface area contributed by atoms with Gasteiger partial charge in [0.1, 0.15) is 5.82 Å². The first-order valence-corrected chi connectivity index (χ1v) is 5.84. The molecule has 0 radical (unpaired) electrons. The van der Waals surface area contributed by atoms with Crippen LogP contribution in [0.15, 0.2) is 48.5 Å². The molecule has 0 heterocycles. The van der Waals surface area contributed by atoms with Gasteiger partial charge in [0.2, 0.25) is 0 Å². The number of carbonyl (C=O) groups is 1. The Labute approximate surface area is 110 Å². The molecule has 0 aliphatic rings. The first kappa shape index (κ1) is 13.0. The van der Waals surface area contributed by atoms with E-state index in [1.54, 1.807) is 6.08 Å². The molecule has 2 nitrogen and oxygen atoms in total. The molecule has 0 aliphatic carbocycles. The first-order chi connectivity index (χ1) is 9.08. The highest BCUT2D eigenvalue weighted by Gasteiger charge is 2.11. The Bertz CT molecular complexity index is 627. The second-order valence-electron chi connectivity index (χ2n) is 4.23. The van der Waals surface area contributed by atoms with Crippen molar-refractivity contribution in [2.45, 2.75) is 6.92 Å². The van der Waals surface area contributed by atoms with Gasteiger partial charge in [-0.2, -0.15) is 0 Å². The van der Waals surface area contributed by atoms with Crippen LogP contribution in [0, 0.1) is 12.7 Å². The van der Waals surface area contributed by atoms with Gasteiger partial charge in [-0.15, -0.1) is 0 Å². The molecule has 0 bridgehead atoms. The van der Waals surface area contributed by atoms with Gasteiger partial charge in [-0.3, -0.25) is 0 Å². The highest BCUT2D eigenvalue weighted by Crippen LogP contribution is 2.20. The average molecular weight is 256 g/mol. The number of hydrogen-bond donors (Lipinski definition) is 1. The molecule has 0 saturated carbocycles. The lowest BCUT2D eigenvalue weighted by molar-refractivity contribution is -0.130. The third-order valence-corrected chi connectivity index (χ3v) is 2.87. The minimum Gasteiger partial charge on any atom is -0.478 e. The second-order valence-corrected chi connectivity index (χ2v) is 4.23. The Morgan fingerprint density at radius 2 is 1.74 bits per heavy atom. The van der Waals surface area contributed by atoms with E-state index in [0.29, 0.717) is 5.56 Å². The normalized spacial score (nSPS) is 11.4. The van der Waals surface area contributed by atoms with Crippen molar-refractivity contribution in [1.82, 2.24) is 0 Å². The molecule has 2 rings (SSSR count). The summed E-state index contributed by atoms with van der Waals surface area (Å²) in [5.74, 6) is -1.42. The predicted octanol–water partition coefficient (Wildman–Crippen LogP) is 3.76. The van der Waals surface area contributed by atoms with Crippen molar-refractivity contribution < 1.29 is 14.3 Å². The van der Waals surface area contributed by atoms with Gasteiger partial charge in [-0.1, -0.05) is 36.4 Å². The van der Waals surface area contributed by atoms with Crippen LogP contribution in [-0.2, 0) is 4.79 Å². The van der Waals surface area contributed by atoms with Crippen LogP contribution in [0.1, 0.15) is 16.7 Å². The molecular formula is C16H13FO2. The Balaban J connectivity index is 2.50. The van der Waals surface area contributed by atoms with Gasteiger partial charge in [-0.05, 0) is 41.8 Å². The summed E-state index contributed by atoms with van der Waals surface area (Å²) < 4.78 is 12.9. The van der Waals surface area contributed by atoms with Crippen molar-refractivity contribution in [3.8, 4) is 0 Å². The standard InChI is InChI=1S/C16H13FO2/c1-11-4-2-3-5-13(11)10-15(16(18)19)12-6-8-14(17)9-7-12/h2-10H,1H3,(H,18,19)/b15-10-. The highest BCUT2D eigenvalue weighted by atomic mass is 19.1. The van der Waals surface area contributed by atoms with Gasteiger partial charge < -0.3 is 5.11 Å². The molecule has 0 atom stereocenters. The van der Waals surface area contributed by atoms with E-state index in [4.69, 9.17) is 0 Å². The number of aliphatic carboxylic acids is 1. The van der Waals surface area contributed by atoms with Crippen LogP contribution in [0.2, 0.25) is 0 Å². The van der Waals surface area contributed by atoms with E-state index >= 15 is 0 Å². The zero-order valence-electron chi connectivity index (χ0n) is 10.4. The quantitative estimate of drug-likeness (QED) is 0.670. The van der Waals surface area contributed by atoms with Crippen LogP contribution in [0.25, 0.3) is 11.6 Å². The van der Waals surface area contributed by atoms with E-state index in [1.165, 1.54) is 24.3 Å². The van der Waals surface area contributed by atoms with Crippen LogP contribution < -0.4 is 0 Å². The maximum Gasteiger partial charge on any atom is 0.336 e. The molecule has 0 aliphatic heterocycles. The summed E-state index contributed by atoms with van der Waals surface area (Å²) in [6, 6.07) is 12.9.